The van der Waals surface area contributed by atoms with Crippen LogP contribution in [-0.4, -0.2) is 30.1 Å². The topological polar surface area (TPSA) is 44.4 Å². The van der Waals surface area contributed by atoms with Crippen LogP contribution in [0.25, 0.3) is 0 Å². The van der Waals surface area contributed by atoms with E-state index in [1.807, 2.05) is 30.3 Å². The quantitative estimate of drug-likeness (QED) is 0.888. The predicted octanol–water partition coefficient (Wildman–Crippen LogP) is 3.57. The van der Waals surface area contributed by atoms with Crippen LogP contribution in [0.15, 0.2) is 54.6 Å². The Balaban J connectivity index is 1.41. The first-order valence-electron chi connectivity index (χ1n) is 8.74. The van der Waals surface area contributed by atoms with Gasteiger partial charge in [0.25, 0.3) is 0 Å². The molecule has 2 aliphatic rings. The number of carbonyl (C=O) groups excluding carboxylic acids is 1. The number of amides is 2. The van der Waals surface area contributed by atoms with Gasteiger partial charge in [0, 0.05) is 30.9 Å². The van der Waals surface area contributed by atoms with E-state index in [9.17, 15) is 4.79 Å². The zero-order valence-electron chi connectivity index (χ0n) is 13.7. The van der Waals surface area contributed by atoms with E-state index < -0.39 is 0 Å². The second-order valence-electron chi connectivity index (χ2n) is 6.69. The van der Waals surface area contributed by atoms with Gasteiger partial charge in [-0.15, -0.1) is 0 Å². The fourth-order valence-corrected chi connectivity index (χ4v) is 3.96. The van der Waals surface area contributed by atoms with Crippen molar-refractivity contribution in [2.24, 2.45) is 0 Å². The standard InChI is InChI=1S/C20H23N3O/c24-20(21-16-7-2-1-3-8-16)22-17-11-13-23-12-10-15-6-4-5-9-18(15)19(23)14-17/h1-9,17,19H,10-14H2,(H2,21,22,24). The van der Waals surface area contributed by atoms with E-state index in [0.29, 0.717) is 6.04 Å². The minimum atomic E-state index is -0.108. The number of benzene rings is 2. The highest BCUT2D eigenvalue weighted by molar-refractivity contribution is 5.89. The number of carbonyl (C=O) groups is 1. The molecule has 2 N–H and O–H groups in total. The molecule has 2 amide bonds. The summed E-state index contributed by atoms with van der Waals surface area (Å²) in [6.07, 6.45) is 3.14. The average molecular weight is 321 g/mol. The molecule has 2 aromatic carbocycles. The first kappa shape index (κ1) is 15.2. The maximum atomic E-state index is 12.3. The van der Waals surface area contributed by atoms with Gasteiger partial charge in [0.15, 0.2) is 0 Å². The lowest BCUT2D eigenvalue weighted by atomic mass is 9.85. The Morgan fingerprint density at radius 2 is 1.79 bits per heavy atom. The molecular weight excluding hydrogens is 298 g/mol. The molecule has 24 heavy (non-hydrogen) atoms. The van der Waals surface area contributed by atoms with Crippen molar-refractivity contribution < 1.29 is 4.79 Å². The van der Waals surface area contributed by atoms with Crippen molar-refractivity contribution in [1.29, 1.82) is 0 Å². The number of rotatable bonds is 2. The Morgan fingerprint density at radius 1 is 1.00 bits per heavy atom. The molecule has 2 heterocycles. The van der Waals surface area contributed by atoms with Gasteiger partial charge in [-0.25, -0.2) is 4.79 Å². The van der Waals surface area contributed by atoms with E-state index in [0.717, 1.165) is 38.0 Å². The lowest BCUT2D eigenvalue weighted by Crippen LogP contribution is -2.49. The summed E-state index contributed by atoms with van der Waals surface area (Å²) >= 11 is 0. The molecule has 4 rings (SSSR count). The van der Waals surface area contributed by atoms with Crippen LogP contribution in [0.1, 0.15) is 30.0 Å². The van der Waals surface area contributed by atoms with E-state index in [-0.39, 0.29) is 12.1 Å². The zero-order chi connectivity index (χ0) is 16.4. The summed E-state index contributed by atoms with van der Waals surface area (Å²) in [6.45, 7) is 2.18. The number of hydrogen-bond acceptors (Lipinski definition) is 2. The molecule has 2 aromatic rings. The van der Waals surface area contributed by atoms with Crippen molar-refractivity contribution in [2.45, 2.75) is 31.3 Å². The van der Waals surface area contributed by atoms with E-state index in [1.54, 1.807) is 0 Å². The SMILES string of the molecule is O=C(Nc1ccccc1)NC1CCN2CCc3ccccc3C2C1. The number of fused-ring (bicyclic) bond motifs is 3. The van der Waals surface area contributed by atoms with Crippen molar-refractivity contribution in [3.05, 3.63) is 65.7 Å². The molecular formula is C20H23N3O. The van der Waals surface area contributed by atoms with Gasteiger partial charge in [0.2, 0.25) is 0 Å². The summed E-state index contributed by atoms with van der Waals surface area (Å²) in [5.41, 5.74) is 3.74. The highest BCUT2D eigenvalue weighted by Gasteiger charge is 2.33. The number of nitrogens with one attached hydrogen (secondary N) is 2. The van der Waals surface area contributed by atoms with Gasteiger partial charge in [0.1, 0.15) is 0 Å². The molecule has 2 unspecified atom stereocenters. The first-order chi connectivity index (χ1) is 11.8. The van der Waals surface area contributed by atoms with Gasteiger partial charge in [-0.1, -0.05) is 42.5 Å². The molecule has 0 bridgehead atoms. The molecule has 2 atom stereocenters. The number of hydrogen-bond donors (Lipinski definition) is 2. The monoisotopic (exact) mass is 321 g/mol. The summed E-state index contributed by atoms with van der Waals surface area (Å²) in [5.74, 6) is 0. The van der Waals surface area contributed by atoms with Crippen molar-refractivity contribution in [2.75, 3.05) is 18.4 Å². The molecule has 4 heteroatoms. The predicted molar refractivity (Wildman–Crippen MR) is 96.1 cm³/mol. The number of urea groups is 1. The van der Waals surface area contributed by atoms with E-state index >= 15 is 0 Å². The van der Waals surface area contributed by atoms with Gasteiger partial charge in [-0.2, -0.15) is 0 Å². The second kappa shape index (κ2) is 6.65. The molecule has 0 aromatic heterocycles. The maximum Gasteiger partial charge on any atom is 0.319 e. The molecule has 4 nitrogen and oxygen atoms in total. The summed E-state index contributed by atoms with van der Waals surface area (Å²) in [5, 5.41) is 6.07. The van der Waals surface area contributed by atoms with Crippen LogP contribution in [0, 0.1) is 0 Å². The second-order valence-corrected chi connectivity index (χ2v) is 6.69. The third-order valence-corrected chi connectivity index (χ3v) is 5.16. The molecule has 0 aliphatic carbocycles. The van der Waals surface area contributed by atoms with E-state index in [2.05, 4.69) is 39.8 Å². The molecule has 0 saturated carbocycles. The molecule has 0 radical (unpaired) electrons. The molecule has 1 fully saturated rings. The third-order valence-electron chi connectivity index (χ3n) is 5.16. The van der Waals surface area contributed by atoms with Crippen molar-refractivity contribution >= 4 is 11.7 Å². The zero-order valence-corrected chi connectivity index (χ0v) is 13.7. The minimum absolute atomic E-state index is 0.108. The Bertz CT molecular complexity index is 716. The summed E-state index contributed by atoms with van der Waals surface area (Å²) < 4.78 is 0. The lowest BCUT2D eigenvalue weighted by molar-refractivity contribution is 0.118. The van der Waals surface area contributed by atoms with Crippen molar-refractivity contribution in [3.8, 4) is 0 Å². The normalized spacial score (nSPS) is 23.0. The highest BCUT2D eigenvalue weighted by atomic mass is 16.2. The Kier molecular flexibility index (Phi) is 4.22. The largest absolute Gasteiger partial charge is 0.335 e. The summed E-state index contributed by atoms with van der Waals surface area (Å²) in [6, 6.07) is 18.9. The van der Waals surface area contributed by atoms with Crippen LogP contribution >= 0.6 is 0 Å². The van der Waals surface area contributed by atoms with Crippen LogP contribution in [0.4, 0.5) is 10.5 Å². The van der Waals surface area contributed by atoms with Crippen LogP contribution in [0.3, 0.4) is 0 Å². The number of para-hydroxylation sites is 1. The molecule has 0 spiro atoms. The lowest BCUT2D eigenvalue weighted by Gasteiger charge is -2.43. The number of nitrogens with zero attached hydrogens (tertiary/aromatic N) is 1. The van der Waals surface area contributed by atoms with Crippen LogP contribution in [0.5, 0.6) is 0 Å². The average Bonchev–Trinajstić information content (AvgIpc) is 2.62. The van der Waals surface area contributed by atoms with Gasteiger partial charge in [0.05, 0.1) is 0 Å². The minimum Gasteiger partial charge on any atom is -0.335 e. The van der Waals surface area contributed by atoms with Crippen LogP contribution in [0.2, 0.25) is 0 Å². The highest BCUT2D eigenvalue weighted by Crippen LogP contribution is 2.36. The third kappa shape index (κ3) is 3.15. The Hall–Kier alpha value is -2.33. The summed E-state index contributed by atoms with van der Waals surface area (Å²) in [4.78, 5) is 14.8. The van der Waals surface area contributed by atoms with Crippen molar-refractivity contribution in [3.63, 3.8) is 0 Å². The van der Waals surface area contributed by atoms with E-state index in [1.165, 1.54) is 11.1 Å². The molecule has 2 aliphatic heterocycles. The Morgan fingerprint density at radius 3 is 2.67 bits per heavy atom. The van der Waals surface area contributed by atoms with Gasteiger partial charge >= 0.3 is 6.03 Å². The van der Waals surface area contributed by atoms with Crippen LogP contribution in [-0.2, 0) is 6.42 Å². The molecule has 124 valence electrons. The molecule has 1 saturated heterocycles. The number of piperidine rings is 1. The fourth-order valence-electron chi connectivity index (χ4n) is 3.96. The maximum absolute atomic E-state index is 12.3. The Labute approximate surface area is 142 Å². The smallest absolute Gasteiger partial charge is 0.319 e. The van der Waals surface area contributed by atoms with Crippen LogP contribution < -0.4 is 10.6 Å². The summed E-state index contributed by atoms with van der Waals surface area (Å²) in [7, 11) is 0. The van der Waals surface area contributed by atoms with E-state index in [4.69, 9.17) is 0 Å². The first-order valence-corrected chi connectivity index (χ1v) is 8.74. The fraction of sp³-hybridized carbons (Fsp3) is 0.350. The van der Waals surface area contributed by atoms with Gasteiger partial charge in [-0.05, 0) is 42.5 Å². The van der Waals surface area contributed by atoms with Crippen molar-refractivity contribution in [1.82, 2.24) is 10.2 Å². The number of anilines is 1. The van der Waals surface area contributed by atoms with Gasteiger partial charge < -0.3 is 10.6 Å². The van der Waals surface area contributed by atoms with Gasteiger partial charge in [-0.3, -0.25) is 4.90 Å².